The van der Waals surface area contributed by atoms with E-state index in [1.165, 1.54) is 10.5 Å². The zero-order chi connectivity index (χ0) is 50.8. The van der Waals surface area contributed by atoms with Crippen LogP contribution >= 0.6 is 11.3 Å². The van der Waals surface area contributed by atoms with Crippen LogP contribution in [0.5, 0.6) is 0 Å². The van der Waals surface area contributed by atoms with Crippen molar-refractivity contribution in [1.82, 2.24) is 35.2 Å². The van der Waals surface area contributed by atoms with Crippen LogP contribution in [0.3, 0.4) is 0 Å². The molecule has 3 aromatic heterocycles. The van der Waals surface area contributed by atoms with E-state index in [1.54, 1.807) is 29.4 Å². The predicted molar refractivity (Wildman–Crippen MR) is 277 cm³/mol. The highest BCUT2D eigenvalue weighted by atomic mass is 32.1. The first-order valence-electron chi connectivity index (χ1n) is 24.6. The Kier molecular flexibility index (Phi) is 17.3. The largest absolute Gasteiger partial charge is 0.481 e. The van der Waals surface area contributed by atoms with E-state index in [4.69, 9.17) is 9.26 Å². The Morgan fingerprint density at radius 2 is 1.65 bits per heavy atom. The molecule has 3 N–H and O–H groups in total. The van der Waals surface area contributed by atoms with Gasteiger partial charge < -0.3 is 39.4 Å². The quantitative estimate of drug-likeness (QED) is 0.0550. The average molecular weight is 985 g/mol. The number of carboxylic acids is 1. The van der Waals surface area contributed by atoms with Gasteiger partial charge in [0.05, 0.1) is 34.0 Å². The van der Waals surface area contributed by atoms with Gasteiger partial charge in [-0.3, -0.25) is 19.2 Å². The molecular formula is C55H68N8O7S. The number of carbonyl (C=O) groups is 4. The van der Waals surface area contributed by atoms with E-state index < -0.39 is 35.4 Å². The Bertz CT molecular complexity index is 2720. The molecule has 0 radical (unpaired) electrons. The first-order chi connectivity index (χ1) is 34.0. The van der Waals surface area contributed by atoms with E-state index in [1.807, 2.05) is 83.5 Å². The number of nitrogens with zero attached hydrogens (tertiary/aromatic N) is 6. The zero-order valence-corrected chi connectivity index (χ0v) is 43.1. The van der Waals surface area contributed by atoms with Crippen LogP contribution in [0.15, 0.2) is 95.5 Å². The predicted octanol–water partition coefficient (Wildman–Crippen LogP) is 10.1. The number of anilines is 2. The van der Waals surface area contributed by atoms with Crippen LogP contribution in [0.4, 0.5) is 11.4 Å². The highest BCUT2D eigenvalue weighted by Crippen LogP contribution is 2.36. The number of carboxylic acid groups (broad SMARTS) is 1. The molecule has 15 nitrogen and oxygen atoms in total. The van der Waals surface area contributed by atoms with Gasteiger partial charge >= 0.3 is 5.97 Å². The van der Waals surface area contributed by atoms with Crippen molar-refractivity contribution < 1.29 is 33.5 Å². The lowest BCUT2D eigenvalue weighted by Crippen LogP contribution is -2.58. The van der Waals surface area contributed by atoms with Gasteiger partial charge in [-0.25, -0.2) is 9.97 Å². The van der Waals surface area contributed by atoms with Crippen molar-refractivity contribution in [3.05, 3.63) is 119 Å². The van der Waals surface area contributed by atoms with Gasteiger partial charge in [-0.05, 0) is 118 Å². The van der Waals surface area contributed by atoms with E-state index in [9.17, 15) is 24.3 Å². The molecule has 1 fully saturated rings. The number of nitrogens with one attached hydrogen (secondary N) is 2. The number of thiazole rings is 1. The summed E-state index contributed by atoms with van der Waals surface area (Å²) in [5, 5.41) is 19.8. The number of benzene rings is 3. The van der Waals surface area contributed by atoms with Crippen LogP contribution < -0.4 is 15.5 Å². The molecule has 0 bridgehead atoms. The molecule has 0 unspecified atom stereocenters. The lowest BCUT2D eigenvalue weighted by atomic mass is 9.85. The van der Waals surface area contributed by atoms with Crippen molar-refractivity contribution >= 4 is 46.4 Å². The summed E-state index contributed by atoms with van der Waals surface area (Å²) in [7, 11) is 0. The van der Waals surface area contributed by atoms with Gasteiger partial charge in [-0.15, -0.1) is 11.3 Å². The Balaban J connectivity index is 0.896. The number of amides is 3. The molecule has 4 heterocycles. The standard InChI is InChI=1S/C55H68N8O7S/c1-35-14-15-43(50-37(3)60-70-39(50)5)30-46(35)62(45-22-20-44(21-23-45)61-26-24-56-33-61)25-12-10-9-11-13-27-69-32-48(64)59-52(55(6,7)8)54(68)63-31-40(29-49(65)66)28-47(63)58-53(67)36(2)41-16-18-42(19-17-41)51-38(4)57-34-71-51/h14-24,26,30,33-34,36,40,47,52H,9-13,25,27-29,31-32H2,1-8H3,(H,58,67)(H,59,64)(H,65,66)/t36-,40+,47-,52+/m0/s1. The normalized spacial score (nSPS) is 15.6. The summed E-state index contributed by atoms with van der Waals surface area (Å²) >= 11 is 1.56. The lowest BCUT2D eigenvalue weighted by molar-refractivity contribution is -0.143. The van der Waals surface area contributed by atoms with E-state index in [-0.39, 0.29) is 43.7 Å². The maximum atomic E-state index is 14.4. The van der Waals surface area contributed by atoms with Crippen molar-refractivity contribution in [2.24, 2.45) is 11.3 Å². The van der Waals surface area contributed by atoms with Crippen molar-refractivity contribution in [1.29, 1.82) is 0 Å². The molecule has 4 atom stereocenters. The molecule has 376 valence electrons. The fourth-order valence-corrected chi connectivity index (χ4v) is 10.2. The highest BCUT2D eigenvalue weighted by Gasteiger charge is 2.43. The van der Waals surface area contributed by atoms with Crippen molar-refractivity contribution in [2.45, 2.75) is 118 Å². The van der Waals surface area contributed by atoms with Crippen LogP contribution in [0, 0.1) is 39.0 Å². The summed E-state index contributed by atoms with van der Waals surface area (Å²) in [6, 6.07) is 21.9. The number of rotatable bonds is 22. The third-order valence-electron chi connectivity index (χ3n) is 13.4. The monoisotopic (exact) mass is 984 g/mol. The number of unbranched alkanes of at least 4 members (excludes halogenated alkanes) is 4. The third-order valence-corrected chi connectivity index (χ3v) is 14.3. The van der Waals surface area contributed by atoms with Gasteiger partial charge in [0.1, 0.15) is 24.6 Å². The van der Waals surface area contributed by atoms with Gasteiger partial charge in [0.2, 0.25) is 17.7 Å². The number of aryl methyl sites for hydroxylation is 4. The van der Waals surface area contributed by atoms with E-state index in [0.717, 1.165) is 100.0 Å². The Morgan fingerprint density at radius 1 is 0.930 bits per heavy atom. The molecule has 0 spiro atoms. The number of carbonyl (C=O) groups excluding carboxylic acids is 3. The molecule has 1 saturated heterocycles. The summed E-state index contributed by atoms with van der Waals surface area (Å²) in [6.07, 6.45) is 9.57. The molecule has 0 saturated carbocycles. The number of imidazole rings is 1. The molecule has 1 aliphatic heterocycles. The molecule has 1 aliphatic rings. The molecule has 16 heteroatoms. The van der Waals surface area contributed by atoms with Gasteiger partial charge in [-0.1, -0.05) is 81.6 Å². The molecule has 0 aliphatic carbocycles. The summed E-state index contributed by atoms with van der Waals surface area (Å²) in [4.78, 5) is 66.8. The Morgan fingerprint density at radius 3 is 2.30 bits per heavy atom. The summed E-state index contributed by atoms with van der Waals surface area (Å²) < 4.78 is 13.3. The fourth-order valence-electron chi connectivity index (χ4n) is 9.38. The first-order valence-corrected chi connectivity index (χ1v) is 25.5. The Labute approximate surface area is 421 Å². The molecule has 6 aromatic rings. The maximum absolute atomic E-state index is 14.4. The minimum Gasteiger partial charge on any atom is -0.481 e. The summed E-state index contributed by atoms with van der Waals surface area (Å²) in [5.74, 6) is -2.18. The minimum absolute atomic E-state index is 0.140. The molecule has 7 rings (SSSR count). The second-order valence-corrected chi connectivity index (χ2v) is 20.7. The topological polar surface area (TPSA) is 185 Å². The second-order valence-electron chi connectivity index (χ2n) is 19.9. The minimum atomic E-state index is -0.977. The fraction of sp³-hybridized carbons (Fsp3) is 0.436. The van der Waals surface area contributed by atoms with E-state index in [2.05, 4.69) is 80.0 Å². The van der Waals surface area contributed by atoms with Gasteiger partial charge in [0.15, 0.2) is 0 Å². The van der Waals surface area contributed by atoms with Gasteiger partial charge in [-0.2, -0.15) is 0 Å². The molecule has 3 aromatic carbocycles. The highest BCUT2D eigenvalue weighted by molar-refractivity contribution is 7.13. The van der Waals surface area contributed by atoms with Crippen molar-refractivity contribution in [3.8, 4) is 27.3 Å². The average Bonchev–Trinajstić information content (AvgIpc) is 4.17. The van der Waals surface area contributed by atoms with Crippen LogP contribution in [-0.2, 0) is 23.9 Å². The molecular weight excluding hydrogens is 917 g/mol. The van der Waals surface area contributed by atoms with E-state index in [0.29, 0.717) is 6.61 Å². The van der Waals surface area contributed by atoms with Crippen LogP contribution in [-0.4, -0.2) is 91.9 Å². The number of hydrogen-bond donors (Lipinski definition) is 3. The van der Waals surface area contributed by atoms with Gasteiger partial charge in [0.25, 0.3) is 0 Å². The SMILES string of the molecule is Cc1ccc(-c2c(C)noc2C)cc1N(CCCCCCCOCC(=O)N[C@H](C(=O)N1C[C@@H](CC(=O)O)C[C@H]1NC(=O)[C@@H](C)c1ccc(-c2scnc2C)cc1)C(C)(C)C)c1ccc(-n2ccnc2)cc1. The van der Waals surface area contributed by atoms with Crippen LogP contribution in [0.1, 0.15) is 107 Å². The van der Waals surface area contributed by atoms with E-state index >= 15 is 0 Å². The Hall–Kier alpha value is -6.65. The summed E-state index contributed by atoms with van der Waals surface area (Å²) in [6.45, 7) is 16.6. The number of hydrogen-bond acceptors (Lipinski definition) is 11. The molecule has 71 heavy (non-hydrogen) atoms. The smallest absolute Gasteiger partial charge is 0.303 e. The van der Waals surface area contributed by atoms with Crippen molar-refractivity contribution in [2.75, 3.05) is 31.2 Å². The zero-order valence-electron chi connectivity index (χ0n) is 42.2. The van der Waals surface area contributed by atoms with Gasteiger partial charge in [0, 0.05) is 61.1 Å². The summed E-state index contributed by atoms with van der Waals surface area (Å²) in [5.41, 5.74) is 11.2. The number of likely N-dealkylation sites (tertiary alicyclic amines) is 1. The van der Waals surface area contributed by atoms with Crippen molar-refractivity contribution in [3.63, 3.8) is 0 Å². The maximum Gasteiger partial charge on any atom is 0.303 e. The first kappa shape index (κ1) is 52.2. The number of ether oxygens (including phenoxy) is 1. The third kappa shape index (κ3) is 13.2. The second kappa shape index (κ2) is 23.5. The van der Waals surface area contributed by atoms with Crippen LogP contribution in [0.2, 0.25) is 0 Å². The molecule has 3 amide bonds. The number of aliphatic carboxylic acids is 1. The van der Waals surface area contributed by atoms with Crippen LogP contribution in [0.25, 0.3) is 27.3 Å². The lowest BCUT2D eigenvalue weighted by Gasteiger charge is -2.36. The number of aromatic nitrogens is 4.